The van der Waals surface area contributed by atoms with Crippen molar-refractivity contribution in [1.82, 2.24) is 0 Å². The van der Waals surface area contributed by atoms with Gasteiger partial charge in [-0.3, -0.25) is 0 Å². The summed E-state index contributed by atoms with van der Waals surface area (Å²) < 4.78 is 0. The number of phenolic OH excluding ortho intramolecular Hbond substituents is 1. The van der Waals surface area contributed by atoms with Crippen molar-refractivity contribution in [3.8, 4) is 5.75 Å². The SMILES string of the molecule is C=CC(O)(c1ccccc1)c1ccc(O)cc1. The molecule has 1 atom stereocenters. The van der Waals surface area contributed by atoms with Crippen LogP contribution in [0.3, 0.4) is 0 Å². The lowest BCUT2D eigenvalue weighted by Gasteiger charge is -2.25. The minimum absolute atomic E-state index is 0.174. The Balaban J connectivity index is 2.51. The molecule has 17 heavy (non-hydrogen) atoms. The van der Waals surface area contributed by atoms with Crippen molar-refractivity contribution >= 4 is 0 Å². The number of aliphatic hydroxyl groups is 1. The van der Waals surface area contributed by atoms with Gasteiger partial charge in [-0.25, -0.2) is 0 Å². The normalized spacial score (nSPS) is 13.9. The van der Waals surface area contributed by atoms with E-state index in [0.29, 0.717) is 5.56 Å². The molecule has 0 fully saturated rings. The van der Waals surface area contributed by atoms with Crippen LogP contribution in [-0.4, -0.2) is 10.2 Å². The van der Waals surface area contributed by atoms with Crippen molar-refractivity contribution < 1.29 is 10.2 Å². The third kappa shape index (κ3) is 2.08. The topological polar surface area (TPSA) is 40.5 Å². The fourth-order valence-corrected chi connectivity index (χ4v) is 1.81. The number of phenols is 1. The molecule has 0 amide bonds. The zero-order valence-corrected chi connectivity index (χ0v) is 9.38. The van der Waals surface area contributed by atoms with Crippen molar-refractivity contribution in [2.75, 3.05) is 0 Å². The average Bonchev–Trinajstić information content (AvgIpc) is 2.40. The maximum atomic E-state index is 10.7. The van der Waals surface area contributed by atoms with E-state index in [9.17, 15) is 10.2 Å². The van der Waals surface area contributed by atoms with Gasteiger partial charge in [0, 0.05) is 0 Å². The maximum Gasteiger partial charge on any atom is 0.133 e. The molecule has 2 aromatic rings. The van der Waals surface area contributed by atoms with Crippen molar-refractivity contribution in [2.24, 2.45) is 0 Å². The standard InChI is InChI=1S/C15H14O2/c1-2-15(17,12-6-4-3-5-7-12)13-8-10-14(16)11-9-13/h2-11,16-17H,1H2. The first-order chi connectivity index (χ1) is 8.16. The third-order valence-electron chi connectivity index (χ3n) is 2.82. The first-order valence-electron chi connectivity index (χ1n) is 5.38. The molecule has 2 N–H and O–H groups in total. The zero-order chi connectivity index (χ0) is 12.3. The Kier molecular flexibility index (Phi) is 2.98. The van der Waals surface area contributed by atoms with E-state index in [1.165, 1.54) is 6.08 Å². The Morgan fingerprint density at radius 2 is 1.41 bits per heavy atom. The smallest absolute Gasteiger partial charge is 0.133 e. The summed E-state index contributed by atoms with van der Waals surface area (Å²) in [6.45, 7) is 3.70. The van der Waals surface area contributed by atoms with Crippen molar-refractivity contribution in [2.45, 2.75) is 5.60 Å². The lowest BCUT2D eigenvalue weighted by molar-refractivity contribution is 0.135. The monoisotopic (exact) mass is 226 g/mol. The summed E-state index contributed by atoms with van der Waals surface area (Å²) in [6.07, 6.45) is 1.49. The molecule has 2 aromatic carbocycles. The summed E-state index contributed by atoms with van der Waals surface area (Å²) in [4.78, 5) is 0. The molecular formula is C15H14O2. The number of benzene rings is 2. The molecule has 0 aliphatic heterocycles. The van der Waals surface area contributed by atoms with Gasteiger partial charge in [0.25, 0.3) is 0 Å². The molecule has 0 aliphatic rings. The summed E-state index contributed by atoms with van der Waals surface area (Å²) in [5.74, 6) is 0.174. The van der Waals surface area contributed by atoms with Crippen LogP contribution >= 0.6 is 0 Å². The molecule has 0 heterocycles. The van der Waals surface area contributed by atoms with Crippen LogP contribution in [0.25, 0.3) is 0 Å². The van der Waals surface area contributed by atoms with Gasteiger partial charge in [0.1, 0.15) is 11.4 Å². The van der Waals surface area contributed by atoms with E-state index in [4.69, 9.17) is 0 Å². The zero-order valence-electron chi connectivity index (χ0n) is 9.38. The highest BCUT2D eigenvalue weighted by Gasteiger charge is 2.27. The van der Waals surface area contributed by atoms with Gasteiger partial charge < -0.3 is 10.2 Å². The summed E-state index contributed by atoms with van der Waals surface area (Å²) in [7, 11) is 0. The molecular weight excluding hydrogens is 212 g/mol. The Morgan fingerprint density at radius 3 is 1.94 bits per heavy atom. The molecule has 0 bridgehead atoms. The molecule has 0 spiro atoms. The second-order valence-electron chi connectivity index (χ2n) is 3.88. The summed E-state index contributed by atoms with van der Waals surface area (Å²) in [5.41, 5.74) is 0.201. The van der Waals surface area contributed by atoms with E-state index in [-0.39, 0.29) is 5.75 Å². The van der Waals surface area contributed by atoms with Crippen LogP contribution in [0.4, 0.5) is 0 Å². The first kappa shape index (κ1) is 11.4. The molecule has 0 aromatic heterocycles. The molecule has 2 rings (SSSR count). The Bertz CT molecular complexity index is 502. The summed E-state index contributed by atoms with van der Waals surface area (Å²) in [6, 6.07) is 15.8. The van der Waals surface area contributed by atoms with Gasteiger partial charge in [0.2, 0.25) is 0 Å². The Hall–Kier alpha value is -2.06. The van der Waals surface area contributed by atoms with E-state index < -0.39 is 5.60 Å². The second-order valence-corrected chi connectivity index (χ2v) is 3.88. The van der Waals surface area contributed by atoms with Crippen LogP contribution < -0.4 is 0 Å². The van der Waals surface area contributed by atoms with Crippen molar-refractivity contribution in [1.29, 1.82) is 0 Å². The van der Waals surface area contributed by atoms with Gasteiger partial charge >= 0.3 is 0 Å². The largest absolute Gasteiger partial charge is 0.508 e. The first-order valence-corrected chi connectivity index (χ1v) is 5.38. The summed E-state index contributed by atoms with van der Waals surface area (Å²) in [5, 5.41) is 19.9. The molecule has 0 saturated carbocycles. The Labute approximate surface area is 100 Å². The minimum Gasteiger partial charge on any atom is -0.508 e. The third-order valence-corrected chi connectivity index (χ3v) is 2.82. The Morgan fingerprint density at radius 1 is 0.882 bits per heavy atom. The number of hydrogen-bond donors (Lipinski definition) is 2. The van der Waals surface area contributed by atoms with Crippen LogP contribution in [-0.2, 0) is 5.60 Å². The molecule has 2 nitrogen and oxygen atoms in total. The maximum absolute atomic E-state index is 10.7. The van der Waals surface area contributed by atoms with Gasteiger partial charge in [-0.1, -0.05) is 55.1 Å². The second kappa shape index (κ2) is 4.44. The van der Waals surface area contributed by atoms with E-state index in [2.05, 4.69) is 6.58 Å². The van der Waals surface area contributed by atoms with E-state index in [1.807, 2.05) is 30.3 Å². The van der Waals surface area contributed by atoms with Crippen LogP contribution in [0.15, 0.2) is 67.3 Å². The lowest BCUT2D eigenvalue weighted by Crippen LogP contribution is -2.23. The van der Waals surface area contributed by atoms with E-state index in [1.54, 1.807) is 24.3 Å². The van der Waals surface area contributed by atoms with Crippen LogP contribution in [0, 0.1) is 0 Å². The quantitative estimate of drug-likeness (QED) is 0.790. The molecule has 2 heteroatoms. The fourth-order valence-electron chi connectivity index (χ4n) is 1.81. The van der Waals surface area contributed by atoms with E-state index >= 15 is 0 Å². The van der Waals surface area contributed by atoms with Gasteiger partial charge in [0.15, 0.2) is 0 Å². The average molecular weight is 226 g/mol. The minimum atomic E-state index is -1.23. The van der Waals surface area contributed by atoms with Crippen LogP contribution in [0.2, 0.25) is 0 Å². The highest BCUT2D eigenvalue weighted by molar-refractivity contribution is 5.41. The fraction of sp³-hybridized carbons (Fsp3) is 0.0667. The molecule has 86 valence electrons. The molecule has 0 radical (unpaired) electrons. The van der Waals surface area contributed by atoms with E-state index in [0.717, 1.165) is 5.56 Å². The van der Waals surface area contributed by atoms with Gasteiger partial charge in [-0.2, -0.15) is 0 Å². The van der Waals surface area contributed by atoms with Gasteiger partial charge in [-0.05, 0) is 23.3 Å². The van der Waals surface area contributed by atoms with Gasteiger partial charge in [0.05, 0.1) is 0 Å². The molecule has 0 aliphatic carbocycles. The van der Waals surface area contributed by atoms with Crippen molar-refractivity contribution in [3.05, 3.63) is 78.4 Å². The molecule has 0 saturated heterocycles. The number of rotatable bonds is 3. The van der Waals surface area contributed by atoms with Crippen LogP contribution in [0.1, 0.15) is 11.1 Å². The van der Waals surface area contributed by atoms with Crippen molar-refractivity contribution in [3.63, 3.8) is 0 Å². The summed E-state index contributed by atoms with van der Waals surface area (Å²) >= 11 is 0. The number of aromatic hydroxyl groups is 1. The highest BCUT2D eigenvalue weighted by Crippen LogP contribution is 2.31. The molecule has 1 unspecified atom stereocenters. The highest BCUT2D eigenvalue weighted by atomic mass is 16.3. The lowest BCUT2D eigenvalue weighted by atomic mass is 9.86. The van der Waals surface area contributed by atoms with Crippen LogP contribution in [0.5, 0.6) is 5.75 Å². The predicted octanol–water partition coefficient (Wildman–Crippen LogP) is 2.81. The number of hydrogen-bond acceptors (Lipinski definition) is 2. The predicted molar refractivity (Wildman–Crippen MR) is 67.7 cm³/mol. The van der Waals surface area contributed by atoms with Gasteiger partial charge in [-0.15, -0.1) is 0 Å².